The summed E-state index contributed by atoms with van der Waals surface area (Å²) in [4.78, 5) is 15.7. The Morgan fingerprint density at radius 3 is 2.65 bits per heavy atom. The SMILES string of the molecule is CCC(C)C(c1cc(CNC(=O)OC)ccn1)C(C)C. The highest BCUT2D eigenvalue weighted by Gasteiger charge is 2.23. The normalized spacial score (nSPS) is 13.9. The van der Waals surface area contributed by atoms with Crippen molar-refractivity contribution >= 4 is 6.09 Å². The average molecular weight is 278 g/mol. The Hall–Kier alpha value is -1.58. The molecule has 1 heterocycles. The number of carbonyl (C=O) groups excluding carboxylic acids is 1. The molecule has 4 nitrogen and oxygen atoms in total. The van der Waals surface area contributed by atoms with E-state index in [0.29, 0.717) is 24.3 Å². The molecule has 0 aliphatic carbocycles. The minimum Gasteiger partial charge on any atom is -0.453 e. The van der Waals surface area contributed by atoms with Crippen LogP contribution in [0.25, 0.3) is 0 Å². The first kappa shape index (κ1) is 16.5. The first-order valence-corrected chi connectivity index (χ1v) is 7.26. The molecule has 1 amide bonds. The van der Waals surface area contributed by atoms with Gasteiger partial charge in [0.05, 0.1) is 7.11 Å². The zero-order valence-electron chi connectivity index (χ0n) is 13.1. The van der Waals surface area contributed by atoms with Crippen molar-refractivity contribution in [3.8, 4) is 0 Å². The fourth-order valence-corrected chi connectivity index (χ4v) is 2.58. The molecule has 0 aliphatic heterocycles. The summed E-state index contributed by atoms with van der Waals surface area (Å²) in [6.07, 6.45) is 2.54. The zero-order valence-corrected chi connectivity index (χ0v) is 13.1. The van der Waals surface area contributed by atoms with E-state index in [0.717, 1.165) is 17.7 Å². The summed E-state index contributed by atoms with van der Waals surface area (Å²) in [5.74, 6) is 1.57. The monoisotopic (exact) mass is 278 g/mol. The molecular formula is C16H26N2O2. The quantitative estimate of drug-likeness (QED) is 0.862. The minimum absolute atomic E-state index is 0.411. The molecule has 1 N–H and O–H groups in total. The number of nitrogens with one attached hydrogen (secondary N) is 1. The Labute approximate surface area is 121 Å². The molecule has 2 unspecified atom stereocenters. The molecule has 4 heteroatoms. The Morgan fingerprint density at radius 2 is 2.10 bits per heavy atom. The number of alkyl carbamates (subject to hydrolysis) is 1. The van der Waals surface area contributed by atoms with Gasteiger partial charge in [-0.2, -0.15) is 0 Å². The Balaban J connectivity index is 2.87. The number of hydrogen-bond donors (Lipinski definition) is 1. The van der Waals surface area contributed by atoms with Crippen LogP contribution in [0.2, 0.25) is 0 Å². The van der Waals surface area contributed by atoms with Crippen molar-refractivity contribution in [2.45, 2.75) is 46.6 Å². The first-order valence-electron chi connectivity index (χ1n) is 7.26. The van der Waals surface area contributed by atoms with E-state index in [2.05, 4.69) is 48.8 Å². The fraction of sp³-hybridized carbons (Fsp3) is 0.625. The molecule has 0 saturated heterocycles. The second-order valence-electron chi connectivity index (χ2n) is 5.59. The average Bonchev–Trinajstić information content (AvgIpc) is 2.44. The molecule has 0 aromatic carbocycles. The summed E-state index contributed by atoms with van der Waals surface area (Å²) >= 11 is 0. The lowest BCUT2D eigenvalue weighted by molar-refractivity contribution is 0.170. The third-order valence-corrected chi connectivity index (χ3v) is 3.78. The summed E-state index contributed by atoms with van der Waals surface area (Å²) < 4.78 is 4.58. The number of carbonyl (C=O) groups is 1. The first-order chi connectivity index (χ1) is 9.49. The third kappa shape index (κ3) is 4.51. The Morgan fingerprint density at radius 1 is 1.40 bits per heavy atom. The smallest absolute Gasteiger partial charge is 0.407 e. The lowest BCUT2D eigenvalue weighted by Gasteiger charge is -2.26. The van der Waals surface area contributed by atoms with Gasteiger partial charge in [0.2, 0.25) is 0 Å². The van der Waals surface area contributed by atoms with Gasteiger partial charge < -0.3 is 10.1 Å². The fourth-order valence-electron chi connectivity index (χ4n) is 2.58. The van der Waals surface area contributed by atoms with Gasteiger partial charge in [-0.05, 0) is 29.5 Å². The van der Waals surface area contributed by atoms with Gasteiger partial charge in [0, 0.05) is 24.4 Å². The number of rotatable bonds is 6. The molecule has 0 saturated carbocycles. The van der Waals surface area contributed by atoms with Crippen molar-refractivity contribution in [3.05, 3.63) is 29.6 Å². The number of pyridine rings is 1. The van der Waals surface area contributed by atoms with E-state index in [1.165, 1.54) is 7.11 Å². The lowest BCUT2D eigenvalue weighted by atomic mass is 9.80. The number of ether oxygens (including phenoxy) is 1. The van der Waals surface area contributed by atoms with Crippen LogP contribution in [0.3, 0.4) is 0 Å². The van der Waals surface area contributed by atoms with Crippen LogP contribution in [0.4, 0.5) is 4.79 Å². The number of hydrogen-bond acceptors (Lipinski definition) is 3. The van der Waals surface area contributed by atoms with Gasteiger partial charge in [-0.3, -0.25) is 4.98 Å². The molecule has 2 atom stereocenters. The van der Waals surface area contributed by atoms with Gasteiger partial charge in [0.1, 0.15) is 0 Å². The maximum absolute atomic E-state index is 11.1. The molecule has 0 spiro atoms. The van der Waals surface area contributed by atoms with Crippen LogP contribution >= 0.6 is 0 Å². The summed E-state index contributed by atoms with van der Waals surface area (Å²) in [5.41, 5.74) is 2.16. The highest BCUT2D eigenvalue weighted by Crippen LogP contribution is 2.32. The molecule has 0 aliphatic rings. The molecule has 0 bridgehead atoms. The predicted octanol–water partition coefficient (Wildman–Crippen LogP) is 3.72. The van der Waals surface area contributed by atoms with E-state index in [1.807, 2.05) is 12.3 Å². The standard InChI is InChI=1S/C16H26N2O2/c1-6-12(4)15(11(2)3)14-9-13(7-8-17-14)10-18-16(19)20-5/h7-9,11-12,15H,6,10H2,1-5H3,(H,18,19). The van der Waals surface area contributed by atoms with Crippen LogP contribution in [-0.4, -0.2) is 18.2 Å². The van der Waals surface area contributed by atoms with Gasteiger partial charge >= 0.3 is 6.09 Å². The van der Waals surface area contributed by atoms with Gasteiger partial charge in [0.25, 0.3) is 0 Å². The maximum atomic E-state index is 11.1. The van der Waals surface area contributed by atoms with Crippen molar-refractivity contribution in [2.75, 3.05) is 7.11 Å². The van der Waals surface area contributed by atoms with Gasteiger partial charge in [-0.1, -0.05) is 34.1 Å². The number of nitrogens with zero attached hydrogens (tertiary/aromatic N) is 1. The van der Waals surface area contributed by atoms with E-state index < -0.39 is 6.09 Å². The molecule has 20 heavy (non-hydrogen) atoms. The van der Waals surface area contributed by atoms with Gasteiger partial charge in [-0.25, -0.2) is 4.79 Å². The summed E-state index contributed by atoms with van der Waals surface area (Å²) in [5, 5.41) is 2.70. The third-order valence-electron chi connectivity index (χ3n) is 3.78. The highest BCUT2D eigenvalue weighted by atomic mass is 16.5. The molecule has 112 valence electrons. The summed E-state index contributed by atoms with van der Waals surface area (Å²) in [6.45, 7) is 9.41. The predicted molar refractivity (Wildman–Crippen MR) is 80.5 cm³/mol. The summed E-state index contributed by atoms with van der Waals surface area (Å²) in [7, 11) is 1.37. The van der Waals surface area contributed by atoms with E-state index in [9.17, 15) is 4.79 Å². The Bertz CT molecular complexity index is 432. The van der Waals surface area contributed by atoms with Crippen molar-refractivity contribution in [3.63, 3.8) is 0 Å². The molecular weight excluding hydrogens is 252 g/mol. The van der Waals surface area contributed by atoms with Crippen LogP contribution in [0, 0.1) is 11.8 Å². The van der Waals surface area contributed by atoms with Gasteiger partial charge in [-0.15, -0.1) is 0 Å². The van der Waals surface area contributed by atoms with E-state index in [1.54, 1.807) is 0 Å². The van der Waals surface area contributed by atoms with Crippen LogP contribution < -0.4 is 5.32 Å². The number of methoxy groups -OCH3 is 1. The van der Waals surface area contributed by atoms with Crippen molar-refractivity contribution < 1.29 is 9.53 Å². The van der Waals surface area contributed by atoms with Crippen molar-refractivity contribution in [1.82, 2.24) is 10.3 Å². The second kappa shape index (κ2) is 7.88. The number of aromatic nitrogens is 1. The molecule has 1 aromatic rings. The van der Waals surface area contributed by atoms with Crippen LogP contribution in [0.5, 0.6) is 0 Å². The maximum Gasteiger partial charge on any atom is 0.407 e. The number of amides is 1. The summed E-state index contributed by atoms with van der Waals surface area (Å²) in [6, 6.07) is 4.01. The zero-order chi connectivity index (χ0) is 15.1. The van der Waals surface area contributed by atoms with Gasteiger partial charge in [0.15, 0.2) is 0 Å². The van der Waals surface area contributed by atoms with Crippen molar-refractivity contribution in [2.24, 2.45) is 11.8 Å². The van der Waals surface area contributed by atoms with E-state index in [-0.39, 0.29) is 0 Å². The van der Waals surface area contributed by atoms with Crippen LogP contribution in [0.1, 0.15) is 51.3 Å². The molecule has 1 aromatic heterocycles. The minimum atomic E-state index is -0.411. The topological polar surface area (TPSA) is 51.2 Å². The van der Waals surface area contributed by atoms with E-state index in [4.69, 9.17) is 0 Å². The molecule has 1 rings (SSSR count). The highest BCUT2D eigenvalue weighted by molar-refractivity contribution is 5.66. The van der Waals surface area contributed by atoms with Crippen molar-refractivity contribution in [1.29, 1.82) is 0 Å². The van der Waals surface area contributed by atoms with Crippen LogP contribution in [0.15, 0.2) is 18.3 Å². The Kier molecular flexibility index (Phi) is 6.49. The van der Waals surface area contributed by atoms with Crippen LogP contribution in [-0.2, 0) is 11.3 Å². The molecule has 0 radical (unpaired) electrons. The van der Waals surface area contributed by atoms with E-state index >= 15 is 0 Å². The lowest BCUT2D eigenvalue weighted by Crippen LogP contribution is -2.23. The largest absolute Gasteiger partial charge is 0.453 e. The second-order valence-corrected chi connectivity index (χ2v) is 5.59. The molecule has 0 fully saturated rings.